The molecule has 190 valence electrons. The van der Waals surface area contributed by atoms with E-state index < -0.39 is 16.0 Å². The first-order valence-corrected chi connectivity index (χ1v) is 13.8. The van der Waals surface area contributed by atoms with E-state index in [1.807, 2.05) is 42.5 Å². The highest BCUT2D eigenvalue weighted by atomic mass is 32.2. The Labute approximate surface area is 216 Å². The third kappa shape index (κ3) is 5.44. The molecule has 8 heteroatoms. The number of rotatable bonds is 7. The maximum Gasteiger partial charge on any atom is 0.331 e. The topological polar surface area (TPSA) is 92.8 Å². The van der Waals surface area contributed by atoms with E-state index in [0.717, 1.165) is 30.4 Å². The smallest absolute Gasteiger partial charge is 0.331 e. The van der Waals surface area contributed by atoms with Crippen molar-refractivity contribution in [1.82, 2.24) is 5.32 Å². The minimum Gasteiger partial charge on any atom is -0.452 e. The first kappa shape index (κ1) is 24.8. The zero-order valence-corrected chi connectivity index (χ0v) is 21.1. The average Bonchev–Trinajstić information content (AvgIpc) is 3.36. The van der Waals surface area contributed by atoms with Gasteiger partial charge in [-0.15, -0.1) is 0 Å². The minimum absolute atomic E-state index is 0.0736. The number of benzene rings is 3. The molecule has 1 heterocycles. The van der Waals surface area contributed by atoms with Crippen LogP contribution in [0.15, 0.2) is 83.8 Å². The summed E-state index contributed by atoms with van der Waals surface area (Å²) < 4.78 is 32.8. The number of hydrogen-bond donors (Lipinski definition) is 1. The number of carbonyl (C=O) groups excluding carboxylic acids is 2. The Balaban J connectivity index is 1.14. The number of ether oxygens (including phenoxy) is 1. The molecule has 1 unspecified atom stereocenters. The van der Waals surface area contributed by atoms with Crippen LogP contribution in [0.4, 0.5) is 5.69 Å². The van der Waals surface area contributed by atoms with Gasteiger partial charge in [0.25, 0.3) is 15.9 Å². The molecule has 1 N–H and O–H groups in total. The predicted molar refractivity (Wildman–Crippen MR) is 141 cm³/mol. The van der Waals surface area contributed by atoms with Gasteiger partial charge in [-0.3, -0.25) is 9.10 Å². The second kappa shape index (κ2) is 10.6. The van der Waals surface area contributed by atoms with Crippen molar-refractivity contribution in [2.75, 3.05) is 17.5 Å². The van der Waals surface area contributed by atoms with Gasteiger partial charge in [0.15, 0.2) is 6.61 Å². The summed E-state index contributed by atoms with van der Waals surface area (Å²) in [5, 5.41) is 2.95. The molecule has 37 heavy (non-hydrogen) atoms. The van der Waals surface area contributed by atoms with Gasteiger partial charge < -0.3 is 10.1 Å². The average molecular weight is 517 g/mol. The van der Waals surface area contributed by atoms with Crippen molar-refractivity contribution in [3.8, 4) is 0 Å². The molecule has 0 fully saturated rings. The van der Waals surface area contributed by atoms with Gasteiger partial charge >= 0.3 is 5.97 Å². The fraction of sp³-hybridized carbons (Fsp3) is 0.241. The van der Waals surface area contributed by atoms with E-state index in [1.165, 1.54) is 34.2 Å². The third-order valence-electron chi connectivity index (χ3n) is 6.77. The summed E-state index contributed by atoms with van der Waals surface area (Å²) >= 11 is 0. The van der Waals surface area contributed by atoms with Crippen molar-refractivity contribution in [3.05, 3.63) is 101 Å². The summed E-state index contributed by atoms with van der Waals surface area (Å²) in [5.41, 5.74) is 4.73. The molecular weight excluding hydrogens is 488 g/mol. The summed E-state index contributed by atoms with van der Waals surface area (Å²) in [6.45, 7) is 0.0480. The van der Waals surface area contributed by atoms with Gasteiger partial charge in [-0.1, -0.05) is 54.6 Å². The van der Waals surface area contributed by atoms with Crippen LogP contribution in [0.5, 0.6) is 0 Å². The molecule has 1 amide bonds. The van der Waals surface area contributed by atoms with E-state index in [-0.39, 0.29) is 23.5 Å². The van der Waals surface area contributed by atoms with Crippen LogP contribution < -0.4 is 9.62 Å². The molecular formula is C29H28N2O5S. The largest absolute Gasteiger partial charge is 0.452 e. The number of hydrogen-bond acceptors (Lipinski definition) is 5. The standard InChI is InChI=1S/C29H28N2O5S/c32-28(30-26-10-5-8-22-6-1-3-9-25(22)26)20-36-29(33)17-14-21-12-15-24(16-13-21)37(34,35)31-19-18-23-7-2-4-11-27(23)31/h1-4,6-7,9,11-17,26H,5,8,10,18-20H2,(H,30,32)/b17-14+. The van der Waals surface area contributed by atoms with Crippen molar-refractivity contribution in [2.45, 2.75) is 36.6 Å². The number of nitrogens with one attached hydrogen (secondary N) is 1. The summed E-state index contributed by atoms with van der Waals surface area (Å²) in [6, 6.07) is 21.8. The molecule has 2 aliphatic rings. The molecule has 0 radical (unpaired) electrons. The fourth-order valence-electron chi connectivity index (χ4n) is 4.92. The maximum absolute atomic E-state index is 13.1. The number of sulfonamides is 1. The van der Waals surface area contributed by atoms with Crippen LogP contribution in [-0.2, 0) is 37.2 Å². The monoisotopic (exact) mass is 516 g/mol. The fourth-order valence-corrected chi connectivity index (χ4v) is 6.43. The third-order valence-corrected chi connectivity index (χ3v) is 8.60. The molecule has 1 aliphatic carbocycles. The van der Waals surface area contributed by atoms with Crippen molar-refractivity contribution in [3.63, 3.8) is 0 Å². The molecule has 0 spiro atoms. The molecule has 0 bridgehead atoms. The van der Waals surface area contributed by atoms with Gasteiger partial charge in [0.1, 0.15) is 0 Å². The predicted octanol–water partition coefficient (Wildman–Crippen LogP) is 4.19. The van der Waals surface area contributed by atoms with Crippen LogP contribution in [0.3, 0.4) is 0 Å². The number of esters is 1. The maximum atomic E-state index is 13.1. The second-order valence-corrected chi connectivity index (χ2v) is 11.0. The van der Waals surface area contributed by atoms with Crippen LogP contribution in [0.2, 0.25) is 0 Å². The Bertz CT molecular complexity index is 1450. The summed E-state index contributed by atoms with van der Waals surface area (Å²) in [6.07, 6.45) is 6.29. The molecule has 1 aliphatic heterocycles. The quantitative estimate of drug-likeness (QED) is 0.376. The normalized spacial score (nSPS) is 16.8. The number of carbonyl (C=O) groups is 2. The second-order valence-electron chi connectivity index (χ2n) is 9.18. The Hall–Kier alpha value is -3.91. The van der Waals surface area contributed by atoms with Gasteiger partial charge in [0.05, 0.1) is 16.6 Å². The van der Waals surface area contributed by atoms with Crippen LogP contribution in [0.25, 0.3) is 6.08 Å². The van der Waals surface area contributed by atoms with Crippen molar-refractivity contribution < 1.29 is 22.7 Å². The summed E-state index contributed by atoms with van der Waals surface area (Å²) in [7, 11) is -3.68. The van der Waals surface area contributed by atoms with E-state index in [1.54, 1.807) is 12.1 Å². The first-order chi connectivity index (χ1) is 17.9. The Kier molecular flexibility index (Phi) is 7.10. The van der Waals surface area contributed by atoms with Gasteiger partial charge in [-0.25, -0.2) is 13.2 Å². The molecule has 0 saturated heterocycles. The van der Waals surface area contributed by atoms with Crippen LogP contribution in [-0.4, -0.2) is 33.4 Å². The lowest BCUT2D eigenvalue weighted by Crippen LogP contribution is -2.34. The molecule has 1 atom stereocenters. The minimum atomic E-state index is -3.68. The summed E-state index contributed by atoms with van der Waals surface area (Å²) in [4.78, 5) is 24.7. The molecule has 5 rings (SSSR count). The highest BCUT2D eigenvalue weighted by Gasteiger charge is 2.30. The van der Waals surface area contributed by atoms with Crippen molar-refractivity contribution in [2.24, 2.45) is 0 Å². The Morgan fingerprint density at radius 1 is 0.946 bits per heavy atom. The van der Waals surface area contributed by atoms with E-state index in [4.69, 9.17) is 4.74 Å². The Morgan fingerprint density at radius 3 is 2.49 bits per heavy atom. The van der Waals surface area contributed by atoms with E-state index in [0.29, 0.717) is 24.2 Å². The highest BCUT2D eigenvalue weighted by Crippen LogP contribution is 2.33. The number of amides is 1. The van der Waals surface area contributed by atoms with Gasteiger partial charge in [0, 0.05) is 12.6 Å². The molecule has 3 aromatic carbocycles. The highest BCUT2D eigenvalue weighted by molar-refractivity contribution is 7.92. The number of aryl methyl sites for hydroxylation is 1. The lowest BCUT2D eigenvalue weighted by atomic mass is 9.88. The number of fused-ring (bicyclic) bond motifs is 2. The molecule has 0 aromatic heterocycles. The van der Waals surface area contributed by atoms with Gasteiger partial charge in [-0.2, -0.15) is 0 Å². The lowest BCUT2D eigenvalue weighted by molar-refractivity contribution is -0.144. The lowest BCUT2D eigenvalue weighted by Gasteiger charge is -2.26. The van der Waals surface area contributed by atoms with Crippen LogP contribution in [0.1, 0.15) is 41.1 Å². The summed E-state index contributed by atoms with van der Waals surface area (Å²) in [5.74, 6) is -0.994. The van der Waals surface area contributed by atoms with Crippen LogP contribution in [0, 0.1) is 0 Å². The van der Waals surface area contributed by atoms with Crippen LogP contribution >= 0.6 is 0 Å². The number of anilines is 1. The Morgan fingerprint density at radius 2 is 1.68 bits per heavy atom. The van der Waals surface area contributed by atoms with Gasteiger partial charge in [-0.05, 0) is 72.2 Å². The zero-order valence-electron chi connectivity index (χ0n) is 20.3. The van der Waals surface area contributed by atoms with E-state index >= 15 is 0 Å². The SMILES string of the molecule is O=C(COC(=O)/C=C/c1ccc(S(=O)(=O)N2CCc3ccccc32)cc1)NC1CCCc2ccccc21. The molecule has 7 nitrogen and oxygen atoms in total. The number of para-hydroxylation sites is 1. The zero-order chi connectivity index (χ0) is 25.8. The van der Waals surface area contributed by atoms with E-state index in [9.17, 15) is 18.0 Å². The molecule has 0 saturated carbocycles. The first-order valence-electron chi connectivity index (χ1n) is 12.3. The van der Waals surface area contributed by atoms with E-state index in [2.05, 4.69) is 11.4 Å². The number of nitrogens with zero attached hydrogens (tertiary/aromatic N) is 1. The van der Waals surface area contributed by atoms with Crippen molar-refractivity contribution in [1.29, 1.82) is 0 Å². The van der Waals surface area contributed by atoms with Gasteiger partial charge in [0.2, 0.25) is 0 Å². The molecule has 3 aromatic rings. The van der Waals surface area contributed by atoms with Crippen molar-refractivity contribution >= 4 is 33.7 Å².